The van der Waals surface area contributed by atoms with E-state index in [2.05, 4.69) is 27.1 Å². The van der Waals surface area contributed by atoms with Crippen LogP contribution in [0.2, 0.25) is 0 Å². The highest BCUT2D eigenvalue weighted by atomic mass is 32.1. The van der Waals surface area contributed by atoms with Crippen LogP contribution in [0.1, 0.15) is 10.7 Å². The Bertz CT molecular complexity index is 1170. The summed E-state index contributed by atoms with van der Waals surface area (Å²) in [4.78, 5) is 28.6. The fourth-order valence-corrected chi connectivity index (χ4v) is 3.21. The van der Waals surface area contributed by atoms with Crippen LogP contribution < -0.4 is 4.74 Å². The van der Waals surface area contributed by atoms with Gasteiger partial charge in [0.05, 0.1) is 18.1 Å². The van der Waals surface area contributed by atoms with E-state index in [-0.39, 0.29) is 0 Å². The number of fused-ring (bicyclic) bond motifs is 1. The first-order chi connectivity index (χ1) is 14.5. The Hall–Kier alpha value is -3.98. The Morgan fingerprint density at radius 1 is 1.07 bits per heavy atom. The molecule has 0 spiro atoms. The number of hydrogen-bond donors (Lipinski definition) is 2. The van der Waals surface area contributed by atoms with Crippen molar-refractivity contribution in [2.45, 2.75) is 0 Å². The van der Waals surface area contributed by atoms with Gasteiger partial charge in [-0.15, -0.1) is 11.3 Å². The molecule has 0 fully saturated rings. The first kappa shape index (κ1) is 20.7. The highest BCUT2D eigenvalue weighted by Gasteiger charge is 2.12. The molecule has 0 atom stereocenters. The molecule has 0 saturated heterocycles. The lowest BCUT2D eigenvalue weighted by Crippen LogP contribution is -2.09. The van der Waals surface area contributed by atoms with Gasteiger partial charge >= 0.3 is 11.9 Å². The van der Waals surface area contributed by atoms with Crippen LogP contribution in [0, 0.1) is 0 Å². The maximum atomic E-state index is 9.10. The minimum absolute atomic E-state index is 0.793. The van der Waals surface area contributed by atoms with Crippen LogP contribution in [-0.2, 0) is 9.59 Å². The predicted molar refractivity (Wildman–Crippen MR) is 114 cm³/mol. The molecule has 0 bridgehead atoms. The minimum Gasteiger partial charge on any atom is -0.497 e. The fourth-order valence-electron chi connectivity index (χ4n) is 2.59. The number of aliphatic carboxylic acids is 2. The van der Waals surface area contributed by atoms with E-state index in [1.54, 1.807) is 24.6 Å². The molecule has 3 aromatic heterocycles. The molecule has 8 nitrogen and oxygen atoms in total. The van der Waals surface area contributed by atoms with E-state index in [0.29, 0.717) is 0 Å². The molecule has 4 aromatic rings. The molecule has 0 saturated carbocycles. The lowest BCUT2D eigenvalue weighted by atomic mass is 10.3. The number of benzene rings is 1. The number of nitrogens with zero attached hydrogens (tertiary/aromatic N) is 3. The second-order valence-electron chi connectivity index (χ2n) is 5.81. The molecular formula is C21H17N3O5S. The smallest absolute Gasteiger partial charge is 0.414 e. The number of carboxylic acid groups (broad SMARTS) is 2. The van der Waals surface area contributed by atoms with E-state index < -0.39 is 11.9 Å². The first-order valence-electron chi connectivity index (χ1n) is 8.65. The summed E-state index contributed by atoms with van der Waals surface area (Å²) in [5.41, 5.74) is 1.88. The highest BCUT2D eigenvalue weighted by Crippen LogP contribution is 2.25. The number of pyridine rings is 1. The largest absolute Gasteiger partial charge is 0.497 e. The molecule has 0 amide bonds. The summed E-state index contributed by atoms with van der Waals surface area (Å²) in [6.45, 7) is 0. The van der Waals surface area contributed by atoms with Crippen LogP contribution in [0.25, 0.3) is 29.0 Å². The quantitative estimate of drug-likeness (QED) is 0.480. The molecule has 4 rings (SSSR count). The number of carboxylic acids is 2. The van der Waals surface area contributed by atoms with Gasteiger partial charge in [-0.1, -0.05) is 12.1 Å². The van der Waals surface area contributed by atoms with E-state index in [1.807, 2.05) is 48.5 Å². The summed E-state index contributed by atoms with van der Waals surface area (Å²) in [5.74, 6) is -1.17. The number of hydrogen-bond acceptors (Lipinski definition) is 6. The summed E-state index contributed by atoms with van der Waals surface area (Å²) in [6, 6.07) is 15.9. The molecule has 1 aromatic carbocycles. The van der Waals surface area contributed by atoms with Gasteiger partial charge in [0, 0.05) is 17.1 Å². The average molecular weight is 423 g/mol. The lowest BCUT2D eigenvalue weighted by Gasteiger charge is -2.06. The summed E-state index contributed by atoms with van der Waals surface area (Å²) in [6.07, 6.45) is 5.88. The molecule has 0 aliphatic carbocycles. The Kier molecular flexibility index (Phi) is 6.56. The minimum atomic E-state index is -1.82. The van der Waals surface area contributed by atoms with Crippen LogP contribution in [0.5, 0.6) is 5.75 Å². The van der Waals surface area contributed by atoms with E-state index in [0.717, 1.165) is 28.4 Å². The van der Waals surface area contributed by atoms with Crippen LogP contribution in [0.4, 0.5) is 0 Å². The van der Waals surface area contributed by atoms with Crippen molar-refractivity contribution in [3.63, 3.8) is 0 Å². The maximum Gasteiger partial charge on any atom is 0.414 e. The number of methoxy groups -OCH3 is 1. The SMILES string of the molecule is COc1ccc2c(c1)nc(C=Cc1cccs1)n2-c1ccccn1.O=C(O)C(=O)O. The summed E-state index contributed by atoms with van der Waals surface area (Å²) in [7, 11) is 1.66. The van der Waals surface area contributed by atoms with Crippen LogP contribution in [-0.4, -0.2) is 43.8 Å². The number of carbonyl (C=O) groups is 2. The van der Waals surface area contributed by atoms with Crippen LogP contribution in [0.15, 0.2) is 60.1 Å². The van der Waals surface area contributed by atoms with Crippen LogP contribution in [0.3, 0.4) is 0 Å². The number of rotatable bonds is 4. The number of imidazole rings is 1. The zero-order valence-corrected chi connectivity index (χ0v) is 16.6. The Morgan fingerprint density at radius 2 is 1.87 bits per heavy atom. The molecule has 152 valence electrons. The molecule has 0 unspecified atom stereocenters. The third-order valence-corrected chi connectivity index (χ3v) is 4.73. The zero-order valence-electron chi connectivity index (χ0n) is 15.8. The van der Waals surface area contributed by atoms with E-state index in [1.165, 1.54) is 4.88 Å². The Labute approximate surface area is 175 Å². The van der Waals surface area contributed by atoms with Gasteiger partial charge in [-0.3, -0.25) is 4.57 Å². The normalized spacial score (nSPS) is 10.6. The van der Waals surface area contributed by atoms with Gasteiger partial charge in [0.1, 0.15) is 17.4 Å². The molecule has 0 aliphatic rings. The topological polar surface area (TPSA) is 115 Å². The predicted octanol–water partition coefficient (Wildman–Crippen LogP) is 3.82. The Morgan fingerprint density at radius 3 is 2.47 bits per heavy atom. The molecule has 0 radical (unpaired) electrons. The van der Waals surface area contributed by atoms with Crippen molar-refractivity contribution in [2.75, 3.05) is 7.11 Å². The van der Waals surface area contributed by atoms with E-state index >= 15 is 0 Å². The lowest BCUT2D eigenvalue weighted by molar-refractivity contribution is -0.159. The monoisotopic (exact) mass is 423 g/mol. The number of aromatic nitrogens is 3. The molecule has 30 heavy (non-hydrogen) atoms. The van der Waals surface area contributed by atoms with E-state index in [4.69, 9.17) is 29.5 Å². The third-order valence-electron chi connectivity index (χ3n) is 3.89. The first-order valence-corrected chi connectivity index (χ1v) is 9.53. The molecule has 2 N–H and O–H groups in total. The molecular weight excluding hydrogens is 406 g/mol. The zero-order chi connectivity index (χ0) is 21.5. The van der Waals surface area contributed by atoms with Crippen molar-refractivity contribution in [2.24, 2.45) is 0 Å². The van der Waals surface area contributed by atoms with Crippen molar-refractivity contribution in [1.29, 1.82) is 0 Å². The number of thiophene rings is 1. The number of ether oxygens (including phenoxy) is 1. The summed E-state index contributed by atoms with van der Waals surface area (Å²) >= 11 is 1.70. The van der Waals surface area contributed by atoms with Crippen molar-refractivity contribution in [3.8, 4) is 11.6 Å². The molecule has 9 heteroatoms. The maximum absolute atomic E-state index is 9.10. The van der Waals surface area contributed by atoms with Crippen LogP contribution >= 0.6 is 11.3 Å². The fraction of sp³-hybridized carbons (Fsp3) is 0.0476. The molecule has 0 aliphatic heterocycles. The molecule has 3 heterocycles. The van der Waals surface area contributed by atoms with Crippen molar-refractivity contribution >= 4 is 46.5 Å². The second kappa shape index (κ2) is 9.48. The summed E-state index contributed by atoms with van der Waals surface area (Å²) < 4.78 is 7.37. The Balaban J connectivity index is 0.000000377. The van der Waals surface area contributed by atoms with Gasteiger partial charge in [0.15, 0.2) is 0 Å². The van der Waals surface area contributed by atoms with Gasteiger partial charge in [0.25, 0.3) is 0 Å². The summed E-state index contributed by atoms with van der Waals surface area (Å²) in [5, 5.41) is 16.8. The standard InChI is InChI=1S/C19H15N3OS.C2H2O4/c1-23-14-7-9-17-16(13-14)21-19(10-8-15-5-4-12-24-15)22(17)18-6-2-3-11-20-18;3-1(4)2(5)6/h2-13H,1H3;(H,3,4)(H,5,6). The van der Waals surface area contributed by atoms with E-state index in [9.17, 15) is 0 Å². The highest BCUT2D eigenvalue weighted by molar-refractivity contribution is 7.10. The second-order valence-corrected chi connectivity index (χ2v) is 6.79. The van der Waals surface area contributed by atoms with Gasteiger partial charge in [0.2, 0.25) is 0 Å². The third kappa shape index (κ3) is 4.89. The average Bonchev–Trinajstić information content (AvgIpc) is 3.40. The van der Waals surface area contributed by atoms with Gasteiger partial charge in [-0.2, -0.15) is 0 Å². The van der Waals surface area contributed by atoms with Crippen molar-refractivity contribution < 1.29 is 24.5 Å². The van der Waals surface area contributed by atoms with Crippen molar-refractivity contribution in [1.82, 2.24) is 14.5 Å². The van der Waals surface area contributed by atoms with Crippen molar-refractivity contribution in [3.05, 3.63) is 70.8 Å². The van der Waals surface area contributed by atoms with Gasteiger partial charge in [-0.25, -0.2) is 19.6 Å². The van der Waals surface area contributed by atoms with Gasteiger partial charge < -0.3 is 14.9 Å². The van der Waals surface area contributed by atoms with Gasteiger partial charge in [-0.05, 0) is 47.9 Å².